The number of hydrogen-bond acceptors (Lipinski definition) is 1. The second-order valence-corrected chi connectivity index (χ2v) is 6.10. The van der Waals surface area contributed by atoms with E-state index < -0.39 is 5.97 Å². The summed E-state index contributed by atoms with van der Waals surface area (Å²) in [5.41, 5.74) is 3.24. The number of carbonyl (C=O) groups is 1. The lowest BCUT2D eigenvalue weighted by molar-refractivity contribution is -0.130. The Morgan fingerprint density at radius 2 is 1.52 bits per heavy atom. The van der Waals surface area contributed by atoms with E-state index in [9.17, 15) is 9.90 Å². The fraction of sp³-hybridized carbons (Fsp3) is 0.211. The summed E-state index contributed by atoms with van der Waals surface area (Å²) in [7, 11) is 0. The molecule has 2 heteroatoms. The minimum atomic E-state index is -0.916. The summed E-state index contributed by atoms with van der Waals surface area (Å²) in [4.78, 5) is 11.5. The van der Waals surface area contributed by atoms with Crippen LogP contribution in [0.4, 0.5) is 0 Å². The van der Waals surface area contributed by atoms with Crippen molar-refractivity contribution in [3.63, 3.8) is 0 Å². The van der Waals surface area contributed by atoms with Gasteiger partial charge in [-0.25, -0.2) is 4.79 Å². The minimum absolute atomic E-state index is 0.0945. The average Bonchev–Trinajstić information content (AvgIpc) is 2.45. The standard InChI is InChI=1S/C19H20O2/c1-19(2,3)16-11-9-14(10-12-16)13-17(18(20)21)15-7-5-4-6-8-15/h4-13H,1-3H3,(H,20,21). The van der Waals surface area contributed by atoms with Crippen LogP contribution in [0.2, 0.25) is 0 Å². The van der Waals surface area contributed by atoms with Crippen LogP contribution in [-0.4, -0.2) is 11.1 Å². The molecule has 0 aliphatic heterocycles. The topological polar surface area (TPSA) is 37.3 Å². The van der Waals surface area contributed by atoms with Gasteiger partial charge in [0.1, 0.15) is 0 Å². The predicted molar refractivity (Wildman–Crippen MR) is 87.1 cm³/mol. The lowest BCUT2D eigenvalue weighted by Crippen LogP contribution is -2.10. The zero-order valence-electron chi connectivity index (χ0n) is 12.6. The van der Waals surface area contributed by atoms with Crippen LogP contribution < -0.4 is 0 Å². The number of hydrogen-bond donors (Lipinski definition) is 1. The highest BCUT2D eigenvalue weighted by Crippen LogP contribution is 2.24. The first-order valence-electron chi connectivity index (χ1n) is 6.99. The average molecular weight is 280 g/mol. The number of carboxylic acids is 1. The van der Waals surface area contributed by atoms with E-state index in [1.54, 1.807) is 6.08 Å². The van der Waals surface area contributed by atoms with Gasteiger partial charge in [-0.3, -0.25) is 0 Å². The maximum atomic E-state index is 11.5. The third-order valence-electron chi connectivity index (χ3n) is 3.40. The summed E-state index contributed by atoms with van der Waals surface area (Å²) >= 11 is 0. The molecule has 0 aliphatic rings. The van der Waals surface area contributed by atoms with Gasteiger partial charge in [0.05, 0.1) is 5.57 Å². The second kappa shape index (κ2) is 5.96. The Hall–Kier alpha value is -2.35. The van der Waals surface area contributed by atoms with E-state index in [4.69, 9.17) is 0 Å². The maximum absolute atomic E-state index is 11.5. The summed E-state index contributed by atoms with van der Waals surface area (Å²) in [6, 6.07) is 17.2. The van der Waals surface area contributed by atoms with Gasteiger partial charge in [0.25, 0.3) is 0 Å². The molecule has 0 aromatic heterocycles. The Morgan fingerprint density at radius 3 is 2.00 bits per heavy atom. The van der Waals surface area contributed by atoms with Crippen LogP contribution in [0.25, 0.3) is 11.6 Å². The molecule has 2 aromatic rings. The summed E-state index contributed by atoms with van der Waals surface area (Å²) in [5, 5.41) is 9.40. The summed E-state index contributed by atoms with van der Waals surface area (Å²) in [6.45, 7) is 6.47. The van der Waals surface area contributed by atoms with Crippen molar-refractivity contribution in [1.82, 2.24) is 0 Å². The molecule has 0 spiro atoms. The zero-order valence-corrected chi connectivity index (χ0v) is 12.6. The van der Waals surface area contributed by atoms with Crippen molar-refractivity contribution in [3.05, 3.63) is 71.3 Å². The van der Waals surface area contributed by atoms with Gasteiger partial charge in [0, 0.05) is 0 Å². The van der Waals surface area contributed by atoms with Crippen LogP contribution in [-0.2, 0) is 10.2 Å². The first kappa shape index (κ1) is 15.0. The van der Waals surface area contributed by atoms with E-state index in [0.29, 0.717) is 11.1 Å². The zero-order chi connectivity index (χ0) is 15.5. The highest BCUT2D eigenvalue weighted by Gasteiger charge is 2.13. The van der Waals surface area contributed by atoms with Gasteiger partial charge in [-0.15, -0.1) is 0 Å². The summed E-state index contributed by atoms with van der Waals surface area (Å²) in [5.74, 6) is -0.916. The van der Waals surface area contributed by atoms with Crippen molar-refractivity contribution in [2.75, 3.05) is 0 Å². The van der Waals surface area contributed by atoms with Crippen LogP contribution >= 0.6 is 0 Å². The maximum Gasteiger partial charge on any atom is 0.336 e. The van der Waals surface area contributed by atoms with Gasteiger partial charge in [0.2, 0.25) is 0 Å². The molecule has 0 amide bonds. The van der Waals surface area contributed by atoms with Gasteiger partial charge in [-0.05, 0) is 28.2 Å². The Morgan fingerprint density at radius 1 is 0.952 bits per heavy atom. The van der Waals surface area contributed by atoms with E-state index >= 15 is 0 Å². The molecule has 0 fully saturated rings. The van der Waals surface area contributed by atoms with Crippen molar-refractivity contribution in [2.24, 2.45) is 0 Å². The Balaban J connectivity index is 2.38. The number of carboxylic acid groups (broad SMARTS) is 1. The van der Waals surface area contributed by atoms with Crippen molar-refractivity contribution in [3.8, 4) is 0 Å². The molecule has 0 saturated carbocycles. The molecule has 2 aromatic carbocycles. The van der Waals surface area contributed by atoms with E-state index in [1.165, 1.54) is 5.56 Å². The lowest BCUT2D eigenvalue weighted by Gasteiger charge is -2.18. The molecule has 0 atom stereocenters. The van der Waals surface area contributed by atoms with E-state index in [1.807, 2.05) is 42.5 Å². The first-order chi connectivity index (χ1) is 9.88. The fourth-order valence-corrected chi connectivity index (χ4v) is 2.13. The van der Waals surface area contributed by atoms with Crippen molar-refractivity contribution < 1.29 is 9.90 Å². The van der Waals surface area contributed by atoms with Crippen molar-refractivity contribution in [1.29, 1.82) is 0 Å². The van der Waals surface area contributed by atoms with Crippen molar-refractivity contribution >= 4 is 17.6 Å². The van der Waals surface area contributed by atoms with Crippen molar-refractivity contribution in [2.45, 2.75) is 26.2 Å². The monoisotopic (exact) mass is 280 g/mol. The highest BCUT2D eigenvalue weighted by molar-refractivity contribution is 6.20. The second-order valence-electron chi connectivity index (χ2n) is 6.10. The van der Waals surface area contributed by atoms with Crippen LogP contribution in [0.3, 0.4) is 0 Å². The van der Waals surface area contributed by atoms with Crippen LogP contribution in [0, 0.1) is 0 Å². The summed E-state index contributed by atoms with van der Waals surface area (Å²) < 4.78 is 0. The molecule has 21 heavy (non-hydrogen) atoms. The number of rotatable bonds is 3. The molecule has 0 aliphatic carbocycles. The Labute approximate surface area is 125 Å². The van der Waals surface area contributed by atoms with Gasteiger partial charge < -0.3 is 5.11 Å². The third-order valence-corrected chi connectivity index (χ3v) is 3.40. The minimum Gasteiger partial charge on any atom is -0.478 e. The van der Waals surface area contributed by atoms with E-state index in [2.05, 4.69) is 32.9 Å². The van der Waals surface area contributed by atoms with Crippen LogP contribution in [0.15, 0.2) is 54.6 Å². The molecule has 108 valence electrons. The fourth-order valence-electron chi connectivity index (χ4n) is 2.13. The molecule has 0 saturated heterocycles. The molecule has 2 nitrogen and oxygen atoms in total. The van der Waals surface area contributed by atoms with Gasteiger partial charge in [0.15, 0.2) is 0 Å². The quantitative estimate of drug-likeness (QED) is 0.658. The number of benzene rings is 2. The molecule has 0 heterocycles. The van der Waals surface area contributed by atoms with Gasteiger partial charge in [-0.2, -0.15) is 0 Å². The normalized spacial score (nSPS) is 12.2. The van der Waals surface area contributed by atoms with Crippen LogP contribution in [0.5, 0.6) is 0 Å². The number of aliphatic carboxylic acids is 1. The summed E-state index contributed by atoms with van der Waals surface area (Å²) in [6.07, 6.45) is 1.71. The first-order valence-corrected chi connectivity index (χ1v) is 6.99. The molecule has 0 unspecified atom stereocenters. The molecule has 1 N–H and O–H groups in total. The van der Waals surface area contributed by atoms with Crippen LogP contribution in [0.1, 0.15) is 37.5 Å². The molecular formula is C19H20O2. The van der Waals surface area contributed by atoms with E-state index in [-0.39, 0.29) is 5.41 Å². The Bertz CT molecular complexity index is 644. The highest BCUT2D eigenvalue weighted by atomic mass is 16.4. The lowest BCUT2D eigenvalue weighted by atomic mass is 9.86. The molecular weight excluding hydrogens is 260 g/mol. The third kappa shape index (κ3) is 3.82. The smallest absolute Gasteiger partial charge is 0.336 e. The predicted octanol–water partition coefficient (Wildman–Crippen LogP) is 4.61. The Kier molecular flexibility index (Phi) is 4.27. The molecule has 2 rings (SSSR count). The molecule has 0 bridgehead atoms. The molecule has 0 radical (unpaired) electrons. The SMILES string of the molecule is CC(C)(C)c1ccc(C=C(C(=O)O)c2ccccc2)cc1. The van der Waals surface area contributed by atoms with Gasteiger partial charge >= 0.3 is 5.97 Å². The largest absolute Gasteiger partial charge is 0.478 e. The van der Waals surface area contributed by atoms with Gasteiger partial charge in [-0.1, -0.05) is 75.4 Å². The van der Waals surface area contributed by atoms with E-state index in [0.717, 1.165) is 5.56 Å².